The molecule has 7 nitrogen and oxygen atoms in total. The van der Waals surface area contributed by atoms with Gasteiger partial charge in [-0.05, 0) is 18.6 Å². The minimum Gasteiger partial charge on any atom is -0.416 e. The van der Waals surface area contributed by atoms with Crippen molar-refractivity contribution in [2.75, 3.05) is 0 Å². The van der Waals surface area contributed by atoms with Crippen LogP contribution >= 0.6 is 11.3 Å². The molecule has 118 valence electrons. The lowest BCUT2D eigenvalue weighted by molar-refractivity contribution is 0.583. The number of hydrogen-bond acceptors (Lipinski definition) is 7. The van der Waals surface area contributed by atoms with Gasteiger partial charge in [-0.15, -0.1) is 21.5 Å². The Morgan fingerprint density at radius 1 is 1.08 bits per heavy atom. The first-order chi connectivity index (χ1) is 11.7. The van der Waals surface area contributed by atoms with Gasteiger partial charge in [-0.2, -0.15) is 0 Å². The summed E-state index contributed by atoms with van der Waals surface area (Å²) >= 11 is 1.39. The van der Waals surface area contributed by atoms with Crippen molar-refractivity contribution in [1.29, 1.82) is 0 Å². The molecule has 3 heterocycles. The summed E-state index contributed by atoms with van der Waals surface area (Å²) < 4.78 is 5.65. The van der Waals surface area contributed by atoms with Crippen LogP contribution in [0, 0.1) is 6.92 Å². The molecule has 1 aromatic carbocycles. The summed E-state index contributed by atoms with van der Waals surface area (Å²) in [7, 11) is 0. The van der Waals surface area contributed by atoms with Gasteiger partial charge in [0.1, 0.15) is 5.56 Å². The minimum atomic E-state index is -0.352. The standard InChI is InChI=1S/C16H11N5O2S/c1-9-4-2-3-5-10(9)14-20-21-15(23-14)11-8-18-12(19-13(11)22)16-17-6-7-24-16/h2-8H,1H3,(H,18,19,22). The lowest BCUT2D eigenvalue weighted by Gasteiger charge is -1.99. The predicted octanol–water partition coefficient (Wildman–Crippen LogP) is 2.92. The van der Waals surface area contributed by atoms with Gasteiger partial charge in [0.2, 0.25) is 5.89 Å². The van der Waals surface area contributed by atoms with Gasteiger partial charge in [-0.3, -0.25) is 4.79 Å². The fourth-order valence-electron chi connectivity index (χ4n) is 2.25. The summed E-state index contributed by atoms with van der Waals surface area (Å²) in [6.07, 6.45) is 3.07. The van der Waals surface area contributed by atoms with E-state index in [0.717, 1.165) is 11.1 Å². The van der Waals surface area contributed by atoms with E-state index in [0.29, 0.717) is 16.7 Å². The zero-order valence-corrected chi connectivity index (χ0v) is 13.4. The molecule has 0 aliphatic rings. The van der Waals surface area contributed by atoms with E-state index in [9.17, 15) is 4.79 Å². The van der Waals surface area contributed by atoms with E-state index in [1.54, 1.807) is 6.20 Å². The number of rotatable bonds is 3. The maximum Gasteiger partial charge on any atom is 0.264 e. The van der Waals surface area contributed by atoms with Gasteiger partial charge in [0, 0.05) is 23.3 Å². The normalized spacial score (nSPS) is 10.9. The maximum atomic E-state index is 12.3. The van der Waals surface area contributed by atoms with Crippen molar-refractivity contribution in [2.24, 2.45) is 0 Å². The van der Waals surface area contributed by atoms with E-state index in [2.05, 4.69) is 25.1 Å². The average molecular weight is 337 g/mol. The molecule has 4 aromatic rings. The fraction of sp³-hybridized carbons (Fsp3) is 0.0625. The zero-order valence-electron chi connectivity index (χ0n) is 12.6. The highest BCUT2D eigenvalue weighted by molar-refractivity contribution is 7.12. The number of aryl methyl sites for hydroxylation is 1. The van der Waals surface area contributed by atoms with Crippen molar-refractivity contribution in [3.8, 4) is 33.7 Å². The van der Waals surface area contributed by atoms with Crippen molar-refractivity contribution in [2.45, 2.75) is 6.92 Å². The number of nitrogens with zero attached hydrogens (tertiary/aromatic N) is 4. The van der Waals surface area contributed by atoms with Crippen molar-refractivity contribution in [1.82, 2.24) is 25.1 Å². The monoisotopic (exact) mass is 337 g/mol. The molecule has 0 atom stereocenters. The smallest absolute Gasteiger partial charge is 0.264 e. The first kappa shape index (κ1) is 14.5. The Bertz CT molecular complexity index is 1050. The molecule has 0 bridgehead atoms. The number of aromatic nitrogens is 5. The second-order valence-electron chi connectivity index (χ2n) is 5.04. The number of H-pyrrole nitrogens is 1. The second-order valence-corrected chi connectivity index (χ2v) is 5.93. The third-order valence-corrected chi connectivity index (χ3v) is 4.24. The SMILES string of the molecule is Cc1ccccc1-c1nnc(-c2cnc(-c3nccs3)[nH]c2=O)o1. The number of hydrogen-bond donors (Lipinski definition) is 1. The van der Waals surface area contributed by atoms with E-state index in [1.807, 2.05) is 36.6 Å². The van der Waals surface area contributed by atoms with Crippen LogP contribution in [0.2, 0.25) is 0 Å². The summed E-state index contributed by atoms with van der Waals surface area (Å²) in [5.41, 5.74) is 1.72. The van der Waals surface area contributed by atoms with Gasteiger partial charge in [0.25, 0.3) is 11.4 Å². The third-order valence-electron chi connectivity index (χ3n) is 3.47. The molecule has 24 heavy (non-hydrogen) atoms. The van der Waals surface area contributed by atoms with Crippen LogP contribution < -0.4 is 5.56 Å². The van der Waals surface area contributed by atoms with Crippen LogP contribution in [0.25, 0.3) is 33.7 Å². The Labute approximate surface area is 140 Å². The van der Waals surface area contributed by atoms with Gasteiger partial charge in [-0.1, -0.05) is 18.2 Å². The molecule has 0 saturated carbocycles. The van der Waals surface area contributed by atoms with Crippen LogP contribution in [0.1, 0.15) is 5.56 Å². The lowest BCUT2D eigenvalue weighted by atomic mass is 10.1. The molecule has 0 radical (unpaired) electrons. The first-order valence-electron chi connectivity index (χ1n) is 7.11. The van der Waals surface area contributed by atoms with Gasteiger partial charge in [0.15, 0.2) is 10.8 Å². The van der Waals surface area contributed by atoms with E-state index in [-0.39, 0.29) is 17.0 Å². The number of nitrogens with one attached hydrogen (secondary N) is 1. The molecule has 0 fully saturated rings. The number of benzene rings is 1. The fourth-order valence-corrected chi connectivity index (χ4v) is 2.84. The van der Waals surface area contributed by atoms with Gasteiger partial charge >= 0.3 is 0 Å². The molecule has 0 aliphatic carbocycles. The highest BCUT2D eigenvalue weighted by Crippen LogP contribution is 2.25. The van der Waals surface area contributed by atoms with E-state index in [1.165, 1.54) is 17.5 Å². The van der Waals surface area contributed by atoms with E-state index >= 15 is 0 Å². The molecular formula is C16H11N5O2S. The molecule has 0 aliphatic heterocycles. The Morgan fingerprint density at radius 3 is 2.58 bits per heavy atom. The van der Waals surface area contributed by atoms with Gasteiger partial charge in [0.05, 0.1) is 0 Å². The molecule has 8 heteroatoms. The van der Waals surface area contributed by atoms with Crippen molar-refractivity contribution in [3.05, 3.63) is 58.0 Å². The molecule has 0 spiro atoms. The Balaban J connectivity index is 1.73. The van der Waals surface area contributed by atoms with Gasteiger partial charge in [-0.25, -0.2) is 9.97 Å². The molecule has 3 aromatic heterocycles. The summed E-state index contributed by atoms with van der Waals surface area (Å²) in [4.78, 5) is 23.3. The van der Waals surface area contributed by atoms with E-state index in [4.69, 9.17) is 4.42 Å². The molecule has 0 amide bonds. The van der Waals surface area contributed by atoms with Crippen LogP contribution in [-0.4, -0.2) is 25.1 Å². The molecular weight excluding hydrogens is 326 g/mol. The summed E-state index contributed by atoms with van der Waals surface area (Å²) in [5.74, 6) is 0.914. The second kappa shape index (κ2) is 5.82. The molecule has 0 saturated heterocycles. The Hall–Kier alpha value is -3.13. The first-order valence-corrected chi connectivity index (χ1v) is 7.99. The van der Waals surface area contributed by atoms with Crippen LogP contribution in [0.5, 0.6) is 0 Å². The lowest BCUT2D eigenvalue weighted by Crippen LogP contribution is -2.11. The van der Waals surface area contributed by atoms with Gasteiger partial charge < -0.3 is 9.40 Å². The number of aromatic amines is 1. The topological polar surface area (TPSA) is 97.6 Å². The maximum absolute atomic E-state index is 12.3. The quantitative estimate of drug-likeness (QED) is 0.617. The van der Waals surface area contributed by atoms with Crippen molar-refractivity contribution >= 4 is 11.3 Å². The largest absolute Gasteiger partial charge is 0.416 e. The van der Waals surface area contributed by atoms with Crippen molar-refractivity contribution in [3.63, 3.8) is 0 Å². The highest BCUT2D eigenvalue weighted by atomic mass is 32.1. The summed E-state index contributed by atoms with van der Waals surface area (Å²) in [5, 5.41) is 10.5. The average Bonchev–Trinajstić information content (AvgIpc) is 3.27. The third kappa shape index (κ3) is 2.52. The molecule has 0 unspecified atom stereocenters. The molecule has 1 N–H and O–H groups in total. The minimum absolute atomic E-state index is 0.132. The van der Waals surface area contributed by atoms with Crippen LogP contribution in [-0.2, 0) is 0 Å². The summed E-state index contributed by atoms with van der Waals surface area (Å²) in [6, 6.07) is 7.67. The Kier molecular flexibility index (Phi) is 3.51. The van der Waals surface area contributed by atoms with Crippen LogP contribution in [0.4, 0.5) is 0 Å². The summed E-state index contributed by atoms with van der Waals surface area (Å²) in [6.45, 7) is 1.95. The zero-order chi connectivity index (χ0) is 16.5. The molecule has 4 rings (SSSR count). The number of thiazole rings is 1. The van der Waals surface area contributed by atoms with Crippen molar-refractivity contribution < 1.29 is 4.42 Å². The van der Waals surface area contributed by atoms with Crippen LogP contribution in [0.3, 0.4) is 0 Å². The highest BCUT2D eigenvalue weighted by Gasteiger charge is 2.16. The Morgan fingerprint density at radius 2 is 1.88 bits per heavy atom. The van der Waals surface area contributed by atoms with E-state index < -0.39 is 0 Å². The van der Waals surface area contributed by atoms with Crippen LogP contribution in [0.15, 0.2) is 51.3 Å². The predicted molar refractivity (Wildman–Crippen MR) is 89.4 cm³/mol.